The number of hydrogen-bond donors (Lipinski definition) is 2. The number of hydrogen-bond acceptors (Lipinski definition) is 6. The number of aromatic hydroxyl groups is 1. The summed E-state index contributed by atoms with van der Waals surface area (Å²) in [5.74, 6) is -0.425. The molecule has 1 fully saturated rings. The van der Waals surface area contributed by atoms with E-state index >= 15 is 0 Å². The lowest BCUT2D eigenvalue weighted by Crippen LogP contribution is -2.37. The van der Waals surface area contributed by atoms with Gasteiger partial charge in [0.15, 0.2) is 9.84 Å². The summed E-state index contributed by atoms with van der Waals surface area (Å²) < 4.78 is 28.0. The van der Waals surface area contributed by atoms with Crippen LogP contribution in [0.3, 0.4) is 0 Å². The van der Waals surface area contributed by atoms with E-state index in [0.717, 1.165) is 0 Å². The highest BCUT2D eigenvalue weighted by atomic mass is 32.2. The van der Waals surface area contributed by atoms with Crippen molar-refractivity contribution in [3.8, 4) is 5.75 Å². The van der Waals surface area contributed by atoms with Crippen LogP contribution in [0.1, 0.15) is 17.5 Å². The van der Waals surface area contributed by atoms with Crippen molar-refractivity contribution in [2.45, 2.75) is 25.8 Å². The minimum absolute atomic E-state index is 0.0158. The van der Waals surface area contributed by atoms with Gasteiger partial charge in [-0.25, -0.2) is 13.2 Å². The molecule has 1 atom stereocenters. The zero-order chi connectivity index (χ0) is 17.5. The molecule has 8 heteroatoms. The first-order chi connectivity index (χ1) is 11.2. The number of fused-ring (bicyclic) bond motifs is 1. The molecule has 1 aliphatic heterocycles. The van der Waals surface area contributed by atoms with E-state index in [1.807, 2.05) is 0 Å². The van der Waals surface area contributed by atoms with Gasteiger partial charge < -0.3 is 14.8 Å². The highest BCUT2D eigenvalue weighted by Gasteiger charge is 2.29. The summed E-state index contributed by atoms with van der Waals surface area (Å²) in [6.45, 7) is 1.71. The number of aryl methyl sites for hydroxylation is 1. The summed E-state index contributed by atoms with van der Waals surface area (Å²) in [4.78, 5) is 24.3. The number of nitrogens with one attached hydrogen (secondary N) is 1. The van der Waals surface area contributed by atoms with E-state index in [4.69, 9.17) is 4.42 Å². The number of carbonyl (C=O) groups excluding carboxylic acids is 1. The zero-order valence-electron chi connectivity index (χ0n) is 13.0. The van der Waals surface area contributed by atoms with Crippen molar-refractivity contribution < 1.29 is 22.7 Å². The molecule has 0 spiro atoms. The van der Waals surface area contributed by atoms with Gasteiger partial charge in [0, 0.05) is 17.5 Å². The Labute approximate surface area is 138 Å². The van der Waals surface area contributed by atoms with Crippen LogP contribution in [0.2, 0.25) is 0 Å². The van der Waals surface area contributed by atoms with E-state index in [2.05, 4.69) is 5.32 Å². The predicted molar refractivity (Wildman–Crippen MR) is 87.8 cm³/mol. The molecule has 24 heavy (non-hydrogen) atoms. The van der Waals surface area contributed by atoms with E-state index in [1.54, 1.807) is 13.0 Å². The monoisotopic (exact) mass is 351 g/mol. The van der Waals surface area contributed by atoms with Crippen molar-refractivity contribution in [1.82, 2.24) is 5.32 Å². The normalized spacial score (nSPS) is 19.5. The summed E-state index contributed by atoms with van der Waals surface area (Å²) >= 11 is 0. The molecular weight excluding hydrogens is 334 g/mol. The smallest absolute Gasteiger partial charge is 0.340 e. The lowest BCUT2D eigenvalue weighted by molar-refractivity contribution is -0.121. The first-order valence-electron chi connectivity index (χ1n) is 7.50. The zero-order valence-corrected chi connectivity index (χ0v) is 13.9. The van der Waals surface area contributed by atoms with Gasteiger partial charge in [0.2, 0.25) is 5.91 Å². The van der Waals surface area contributed by atoms with Gasteiger partial charge in [-0.15, -0.1) is 0 Å². The standard InChI is InChI=1S/C16H17NO6S/c1-9-12-3-2-11(18)6-14(12)23-16(20)13(9)7-15(19)17-10-4-5-24(21,22)8-10/h2-3,6,10,18H,4-5,7-8H2,1H3,(H,17,19)/t10-/m0/s1. The Hall–Kier alpha value is -2.35. The Morgan fingerprint density at radius 3 is 2.83 bits per heavy atom. The summed E-state index contributed by atoms with van der Waals surface area (Å²) in [6, 6.07) is 4.03. The Kier molecular flexibility index (Phi) is 4.08. The van der Waals surface area contributed by atoms with Crippen LogP contribution in [-0.2, 0) is 21.1 Å². The third-order valence-electron chi connectivity index (χ3n) is 4.21. The molecule has 0 radical (unpaired) electrons. The third-order valence-corrected chi connectivity index (χ3v) is 5.97. The van der Waals surface area contributed by atoms with Gasteiger partial charge in [0.1, 0.15) is 11.3 Å². The Morgan fingerprint density at radius 2 is 2.17 bits per heavy atom. The molecule has 2 aromatic rings. The molecule has 1 saturated heterocycles. The quantitative estimate of drug-likeness (QED) is 0.785. The fourth-order valence-corrected chi connectivity index (χ4v) is 4.61. The molecule has 1 aromatic heterocycles. The first-order valence-corrected chi connectivity index (χ1v) is 9.32. The number of benzene rings is 1. The largest absolute Gasteiger partial charge is 0.508 e. The Bertz CT molecular complexity index is 976. The molecule has 0 bridgehead atoms. The van der Waals surface area contributed by atoms with Crippen LogP contribution in [0.25, 0.3) is 11.0 Å². The number of phenols is 1. The van der Waals surface area contributed by atoms with Crippen molar-refractivity contribution in [1.29, 1.82) is 0 Å². The van der Waals surface area contributed by atoms with E-state index < -0.39 is 27.4 Å². The van der Waals surface area contributed by atoms with Crippen LogP contribution < -0.4 is 10.9 Å². The van der Waals surface area contributed by atoms with Crippen LogP contribution in [0.4, 0.5) is 0 Å². The fourth-order valence-electron chi connectivity index (χ4n) is 2.94. The number of amides is 1. The van der Waals surface area contributed by atoms with Crippen LogP contribution in [0.15, 0.2) is 27.4 Å². The maximum Gasteiger partial charge on any atom is 0.340 e. The predicted octanol–water partition coefficient (Wildman–Crippen LogP) is 0.653. The minimum Gasteiger partial charge on any atom is -0.508 e. The summed E-state index contributed by atoms with van der Waals surface area (Å²) in [5, 5.41) is 12.7. The van der Waals surface area contributed by atoms with Crippen LogP contribution in [-0.4, -0.2) is 37.0 Å². The van der Waals surface area contributed by atoms with Crippen LogP contribution in [0, 0.1) is 6.92 Å². The lowest BCUT2D eigenvalue weighted by Gasteiger charge is -2.12. The second kappa shape index (κ2) is 5.94. The molecule has 3 rings (SSSR count). The average Bonchev–Trinajstić information content (AvgIpc) is 2.82. The van der Waals surface area contributed by atoms with Gasteiger partial charge in [0.05, 0.1) is 23.5 Å². The minimum atomic E-state index is -3.08. The van der Waals surface area contributed by atoms with Gasteiger partial charge in [-0.1, -0.05) is 0 Å². The van der Waals surface area contributed by atoms with Gasteiger partial charge in [-0.2, -0.15) is 0 Å². The summed E-state index contributed by atoms with van der Waals surface area (Å²) in [7, 11) is -3.08. The maximum absolute atomic E-state index is 12.1. The highest BCUT2D eigenvalue weighted by molar-refractivity contribution is 7.91. The lowest BCUT2D eigenvalue weighted by atomic mass is 10.0. The Balaban J connectivity index is 1.83. The number of rotatable bonds is 3. The topological polar surface area (TPSA) is 114 Å². The van der Waals surface area contributed by atoms with Crippen LogP contribution in [0.5, 0.6) is 5.75 Å². The Morgan fingerprint density at radius 1 is 1.42 bits per heavy atom. The number of phenolic OH excluding ortho intramolecular Hbond substituents is 1. The molecule has 128 valence electrons. The second-order valence-corrected chi connectivity index (χ2v) is 8.25. The molecular formula is C16H17NO6S. The van der Waals surface area contributed by atoms with Crippen molar-refractivity contribution in [3.63, 3.8) is 0 Å². The van der Waals surface area contributed by atoms with E-state index in [1.165, 1.54) is 12.1 Å². The van der Waals surface area contributed by atoms with Gasteiger partial charge in [0.25, 0.3) is 0 Å². The maximum atomic E-state index is 12.1. The SMILES string of the molecule is Cc1c(CC(=O)N[C@H]2CCS(=O)(=O)C2)c(=O)oc2cc(O)ccc12. The second-order valence-electron chi connectivity index (χ2n) is 6.02. The van der Waals surface area contributed by atoms with E-state index in [-0.39, 0.29) is 34.8 Å². The molecule has 1 aromatic carbocycles. The molecule has 7 nitrogen and oxygen atoms in total. The first kappa shape index (κ1) is 16.5. The van der Waals surface area contributed by atoms with Gasteiger partial charge >= 0.3 is 5.63 Å². The summed E-state index contributed by atoms with van der Waals surface area (Å²) in [5.41, 5.74) is 0.449. The molecule has 1 aliphatic rings. The van der Waals surface area contributed by atoms with Gasteiger partial charge in [-0.3, -0.25) is 4.79 Å². The fraction of sp³-hybridized carbons (Fsp3) is 0.375. The molecule has 2 N–H and O–H groups in total. The molecule has 2 heterocycles. The number of carbonyl (C=O) groups is 1. The third kappa shape index (κ3) is 3.28. The van der Waals surface area contributed by atoms with Crippen molar-refractivity contribution in [2.75, 3.05) is 11.5 Å². The summed E-state index contributed by atoms with van der Waals surface area (Å²) in [6.07, 6.45) is 0.209. The number of sulfone groups is 1. The van der Waals surface area contributed by atoms with Crippen LogP contribution >= 0.6 is 0 Å². The highest BCUT2D eigenvalue weighted by Crippen LogP contribution is 2.23. The molecule has 0 unspecified atom stereocenters. The average molecular weight is 351 g/mol. The van der Waals surface area contributed by atoms with E-state index in [0.29, 0.717) is 17.4 Å². The van der Waals surface area contributed by atoms with Gasteiger partial charge in [-0.05, 0) is 31.0 Å². The van der Waals surface area contributed by atoms with E-state index in [9.17, 15) is 23.1 Å². The molecule has 0 aliphatic carbocycles. The molecule has 1 amide bonds. The van der Waals surface area contributed by atoms with Crippen molar-refractivity contribution in [3.05, 3.63) is 39.7 Å². The van der Waals surface area contributed by atoms with Crippen molar-refractivity contribution in [2.24, 2.45) is 0 Å². The molecule has 0 saturated carbocycles. The van der Waals surface area contributed by atoms with Crippen molar-refractivity contribution >= 4 is 26.7 Å².